The predicted molar refractivity (Wildman–Crippen MR) is 78.2 cm³/mol. The number of halogens is 2. The largest absolute Gasteiger partial charge is 0.494 e. The smallest absolute Gasteiger partial charge is 0.334 e. The van der Waals surface area contributed by atoms with Crippen LogP contribution in [-0.4, -0.2) is 16.7 Å². The first-order valence-corrected chi connectivity index (χ1v) is 6.75. The Morgan fingerprint density at radius 1 is 1.38 bits per heavy atom. The standard InChI is InChI=1S/C14H14ClFN2O3/c1-3-4-9-12(15)17-14(20)18(13(9)19)10-6-5-8(16)7-11(10)21-2/h5-7H,3-4H2,1-2H3,(H,17,20). The first-order valence-electron chi connectivity index (χ1n) is 6.37. The molecule has 0 aliphatic rings. The van der Waals surface area contributed by atoms with Gasteiger partial charge in [-0.05, 0) is 18.6 Å². The van der Waals surface area contributed by atoms with Crippen molar-refractivity contribution >= 4 is 11.6 Å². The van der Waals surface area contributed by atoms with E-state index in [1.54, 1.807) is 0 Å². The van der Waals surface area contributed by atoms with Crippen molar-refractivity contribution in [2.24, 2.45) is 0 Å². The summed E-state index contributed by atoms with van der Waals surface area (Å²) in [6.45, 7) is 1.89. The molecule has 7 heteroatoms. The highest BCUT2D eigenvalue weighted by Gasteiger charge is 2.16. The van der Waals surface area contributed by atoms with Crippen LogP contribution in [0.5, 0.6) is 5.75 Å². The predicted octanol–water partition coefficient (Wildman–Crippen LogP) is 2.28. The fourth-order valence-electron chi connectivity index (χ4n) is 2.07. The number of aromatic nitrogens is 2. The van der Waals surface area contributed by atoms with Crippen molar-refractivity contribution in [3.63, 3.8) is 0 Å². The fraction of sp³-hybridized carbons (Fsp3) is 0.286. The van der Waals surface area contributed by atoms with Gasteiger partial charge in [-0.2, -0.15) is 0 Å². The second kappa shape index (κ2) is 6.13. The second-order valence-electron chi connectivity index (χ2n) is 4.43. The van der Waals surface area contributed by atoms with Gasteiger partial charge in [0.05, 0.1) is 18.4 Å². The van der Waals surface area contributed by atoms with Gasteiger partial charge in [0.15, 0.2) is 0 Å². The van der Waals surface area contributed by atoms with E-state index in [1.165, 1.54) is 13.2 Å². The summed E-state index contributed by atoms with van der Waals surface area (Å²) in [5.41, 5.74) is -0.755. The van der Waals surface area contributed by atoms with Gasteiger partial charge in [-0.3, -0.25) is 9.78 Å². The van der Waals surface area contributed by atoms with E-state index < -0.39 is 17.1 Å². The normalized spacial score (nSPS) is 10.7. The maximum absolute atomic E-state index is 13.2. The van der Waals surface area contributed by atoms with E-state index in [1.807, 2.05) is 6.92 Å². The molecule has 0 saturated heterocycles. The molecule has 1 aromatic carbocycles. The monoisotopic (exact) mass is 312 g/mol. The van der Waals surface area contributed by atoms with Crippen LogP contribution in [0.15, 0.2) is 27.8 Å². The van der Waals surface area contributed by atoms with E-state index in [9.17, 15) is 14.0 Å². The molecule has 1 N–H and O–H groups in total. The molecule has 0 atom stereocenters. The van der Waals surface area contributed by atoms with Gasteiger partial charge in [0, 0.05) is 6.07 Å². The molecule has 0 bridgehead atoms. The SMILES string of the molecule is CCCc1c(Cl)[nH]c(=O)n(-c2ccc(F)cc2OC)c1=O. The van der Waals surface area contributed by atoms with E-state index in [4.69, 9.17) is 16.3 Å². The van der Waals surface area contributed by atoms with Gasteiger partial charge in [-0.1, -0.05) is 24.9 Å². The van der Waals surface area contributed by atoms with Crippen LogP contribution in [0.4, 0.5) is 4.39 Å². The van der Waals surface area contributed by atoms with Crippen molar-refractivity contribution in [1.82, 2.24) is 9.55 Å². The molecule has 21 heavy (non-hydrogen) atoms. The minimum atomic E-state index is -0.699. The summed E-state index contributed by atoms with van der Waals surface area (Å²) in [5.74, 6) is -0.435. The van der Waals surface area contributed by atoms with Crippen LogP contribution in [0.1, 0.15) is 18.9 Å². The number of rotatable bonds is 4. The number of ether oxygens (including phenoxy) is 1. The number of hydrogen-bond acceptors (Lipinski definition) is 3. The Labute approximate surface area is 125 Å². The summed E-state index contributed by atoms with van der Waals surface area (Å²) in [6.07, 6.45) is 1.12. The molecule has 0 fully saturated rings. The molecule has 2 rings (SSSR count). The first kappa shape index (κ1) is 15.3. The number of nitrogens with one attached hydrogen (secondary N) is 1. The van der Waals surface area contributed by atoms with E-state index in [0.717, 1.165) is 16.7 Å². The molecule has 0 radical (unpaired) electrons. The number of aromatic amines is 1. The van der Waals surface area contributed by atoms with Crippen LogP contribution in [0.3, 0.4) is 0 Å². The Hall–Kier alpha value is -2.08. The number of benzene rings is 1. The molecule has 1 aromatic heterocycles. The molecule has 0 aliphatic carbocycles. The zero-order valence-corrected chi connectivity index (χ0v) is 12.3. The van der Waals surface area contributed by atoms with Crippen LogP contribution in [0, 0.1) is 5.82 Å². The molecule has 0 amide bonds. The van der Waals surface area contributed by atoms with Crippen LogP contribution < -0.4 is 16.0 Å². The van der Waals surface area contributed by atoms with Crippen molar-refractivity contribution in [3.05, 3.63) is 55.6 Å². The van der Waals surface area contributed by atoms with Crippen molar-refractivity contribution in [2.45, 2.75) is 19.8 Å². The van der Waals surface area contributed by atoms with E-state index >= 15 is 0 Å². The highest BCUT2D eigenvalue weighted by molar-refractivity contribution is 6.30. The van der Waals surface area contributed by atoms with Crippen molar-refractivity contribution in [2.75, 3.05) is 7.11 Å². The lowest BCUT2D eigenvalue weighted by molar-refractivity contribution is 0.408. The van der Waals surface area contributed by atoms with Crippen molar-refractivity contribution < 1.29 is 9.13 Å². The molecule has 1 heterocycles. The molecular weight excluding hydrogens is 299 g/mol. The summed E-state index contributed by atoms with van der Waals surface area (Å²) in [4.78, 5) is 26.9. The Morgan fingerprint density at radius 3 is 2.71 bits per heavy atom. The van der Waals surface area contributed by atoms with Crippen molar-refractivity contribution in [1.29, 1.82) is 0 Å². The summed E-state index contributed by atoms with van der Waals surface area (Å²) >= 11 is 5.91. The third kappa shape index (κ3) is 2.85. The van der Waals surface area contributed by atoms with Gasteiger partial charge in [-0.15, -0.1) is 0 Å². The topological polar surface area (TPSA) is 64.1 Å². The van der Waals surface area contributed by atoms with Crippen LogP contribution >= 0.6 is 11.6 Å². The zero-order valence-electron chi connectivity index (χ0n) is 11.6. The van der Waals surface area contributed by atoms with Gasteiger partial charge in [-0.25, -0.2) is 13.8 Å². The lowest BCUT2D eigenvalue weighted by atomic mass is 10.2. The zero-order chi connectivity index (χ0) is 15.6. The Bertz CT molecular complexity index is 783. The van der Waals surface area contributed by atoms with E-state index in [-0.39, 0.29) is 16.6 Å². The quantitative estimate of drug-likeness (QED) is 0.881. The second-order valence-corrected chi connectivity index (χ2v) is 4.81. The van der Waals surface area contributed by atoms with Gasteiger partial charge in [0.1, 0.15) is 16.7 Å². The Balaban J connectivity index is 2.78. The number of H-pyrrole nitrogens is 1. The molecule has 0 unspecified atom stereocenters. The third-order valence-corrected chi connectivity index (χ3v) is 3.35. The Morgan fingerprint density at radius 2 is 2.10 bits per heavy atom. The highest BCUT2D eigenvalue weighted by Crippen LogP contribution is 2.22. The lowest BCUT2D eigenvalue weighted by Gasteiger charge is -2.12. The van der Waals surface area contributed by atoms with Crippen LogP contribution in [-0.2, 0) is 6.42 Å². The van der Waals surface area contributed by atoms with Crippen LogP contribution in [0.2, 0.25) is 5.15 Å². The number of nitrogens with zero attached hydrogens (tertiary/aromatic N) is 1. The average Bonchev–Trinajstić information content (AvgIpc) is 2.44. The molecular formula is C14H14ClFN2O3. The average molecular weight is 313 g/mol. The minimum Gasteiger partial charge on any atom is -0.494 e. The Kier molecular flexibility index (Phi) is 4.47. The first-order chi connectivity index (χ1) is 9.99. The summed E-state index contributed by atoms with van der Waals surface area (Å²) in [7, 11) is 1.33. The number of methoxy groups -OCH3 is 1. The third-order valence-electron chi connectivity index (χ3n) is 3.03. The maximum atomic E-state index is 13.2. The molecule has 5 nitrogen and oxygen atoms in total. The van der Waals surface area contributed by atoms with Crippen LogP contribution in [0.25, 0.3) is 5.69 Å². The molecule has 0 aliphatic heterocycles. The van der Waals surface area contributed by atoms with E-state index in [2.05, 4.69) is 4.98 Å². The molecule has 2 aromatic rings. The summed E-state index contributed by atoms with van der Waals surface area (Å²) in [6, 6.07) is 3.57. The maximum Gasteiger partial charge on any atom is 0.334 e. The van der Waals surface area contributed by atoms with Gasteiger partial charge in [0.25, 0.3) is 5.56 Å². The summed E-state index contributed by atoms with van der Waals surface area (Å²) in [5, 5.41) is 0.0316. The highest BCUT2D eigenvalue weighted by atomic mass is 35.5. The van der Waals surface area contributed by atoms with Gasteiger partial charge in [0.2, 0.25) is 0 Å². The fourth-order valence-corrected chi connectivity index (χ4v) is 2.32. The lowest BCUT2D eigenvalue weighted by Crippen LogP contribution is -2.36. The van der Waals surface area contributed by atoms with Crippen molar-refractivity contribution in [3.8, 4) is 11.4 Å². The van der Waals surface area contributed by atoms with Gasteiger partial charge < -0.3 is 4.74 Å². The summed E-state index contributed by atoms with van der Waals surface area (Å²) < 4.78 is 19.2. The molecule has 112 valence electrons. The minimum absolute atomic E-state index is 0.0316. The molecule has 0 saturated carbocycles. The number of hydrogen-bond donors (Lipinski definition) is 1. The van der Waals surface area contributed by atoms with E-state index in [0.29, 0.717) is 18.4 Å². The molecule has 0 spiro atoms. The van der Waals surface area contributed by atoms with Gasteiger partial charge >= 0.3 is 5.69 Å².